The number of para-hydroxylation sites is 1. The maximum atomic E-state index is 13.4. The number of halogens is 1. The zero-order chi connectivity index (χ0) is 15.1. The quantitative estimate of drug-likeness (QED) is 0.830. The van der Waals surface area contributed by atoms with E-state index in [0.717, 1.165) is 24.8 Å². The van der Waals surface area contributed by atoms with Crippen LogP contribution in [-0.2, 0) is 0 Å². The predicted molar refractivity (Wildman–Crippen MR) is 80.9 cm³/mol. The maximum absolute atomic E-state index is 13.4. The summed E-state index contributed by atoms with van der Waals surface area (Å²) >= 11 is 0. The number of carbonyl (C=O) groups excluding carboxylic acids is 1. The molecule has 0 unspecified atom stereocenters. The molecule has 0 bridgehead atoms. The van der Waals surface area contributed by atoms with E-state index in [1.165, 1.54) is 12.3 Å². The number of carbonyl (C=O) groups is 1. The first-order valence-corrected chi connectivity index (χ1v) is 6.82. The fourth-order valence-electron chi connectivity index (χ4n) is 1.98. The summed E-state index contributed by atoms with van der Waals surface area (Å²) in [5, 5.41) is 2.71. The molecule has 0 atom stereocenters. The van der Waals surface area contributed by atoms with Crippen molar-refractivity contribution in [2.24, 2.45) is 0 Å². The summed E-state index contributed by atoms with van der Waals surface area (Å²) in [7, 11) is 2.00. The second-order valence-corrected chi connectivity index (χ2v) is 4.72. The van der Waals surface area contributed by atoms with Crippen LogP contribution in [0.25, 0.3) is 0 Å². The third-order valence-electron chi connectivity index (χ3n) is 3.17. The third kappa shape index (κ3) is 4.27. The lowest BCUT2D eigenvalue weighted by atomic mass is 10.2. The highest BCUT2D eigenvalue weighted by molar-refractivity contribution is 5.94. The van der Waals surface area contributed by atoms with Gasteiger partial charge in [0, 0.05) is 32.0 Å². The van der Waals surface area contributed by atoms with Gasteiger partial charge < -0.3 is 10.2 Å². The van der Waals surface area contributed by atoms with Crippen molar-refractivity contribution in [1.29, 1.82) is 0 Å². The molecule has 5 heteroatoms. The third-order valence-corrected chi connectivity index (χ3v) is 3.17. The molecule has 0 spiro atoms. The van der Waals surface area contributed by atoms with Gasteiger partial charge in [-0.3, -0.25) is 9.78 Å². The summed E-state index contributed by atoms with van der Waals surface area (Å²) < 4.78 is 13.4. The van der Waals surface area contributed by atoms with Crippen molar-refractivity contribution in [1.82, 2.24) is 10.3 Å². The average Bonchev–Trinajstić information content (AvgIpc) is 2.52. The molecular weight excluding hydrogens is 269 g/mol. The van der Waals surface area contributed by atoms with Gasteiger partial charge in [0.05, 0.1) is 11.8 Å². The Morgan fingerprint density at radius 3 is 2.76 bits per heavy atom. The van der Waals surface area contributed by atoms with Crippen LogP contribution in [0, 0.1) is 5.82 Å². The van der Waals surface area contributed by atoms with E-state index in [0.29, 0.717) is 6.54 Å². The fraction of sp³-hybridized carbons (Fsp3) is 0.250. The lowest BCUT2D eigenvalue weighted by Gasteiger charge is -2.19. The molecule has 2 aromatic rings. The number of benzene rings is 1. The van der Waals surface area contributed by atoms with Gasteiger partial charge in [0.2, 0.25) is 0 Å². The van der Waals surface area contributed by atoms with Crippen molar-refractivity contribution in [3.63, 3.8) is 0 Å². The number of amides is 1. The van der Waals surface area contributed by atoms with E-state index in [9.17, 15) is 9.18 Å². The zero-order valence-electron chi connectivity index (χ0n) is 11.9. The van der Waals surface area contributed by atoms with E-state index in [1.807, 2.05) is 37.4 Å². The molecule has 1 aromatic carbocycles. The summed E-state index contributed by atoms with van der Waals surface area (Å²) in [6.45, 7) is 1.31. The van der Waals surface area contributed by atoms with Gasteiger partial charge in [0.15, 0.2) is 5.82 Å². The Hall–Kier alpha value is -2.43. The Bertz CT molecular complexity index is 589. The highest BCUT2D eigenvalue weighted by atomic mass is 19.1. The molecule has 4 nitrogen and oxygen atoms in total. The number of nitrogens with one attached hydrogen (secondary N) is 1. The monoisotopic (exact) mass is 287 g/mol. The number of rotatable bonds is 6. The highest BCUT2D eigenvalue weighted by Crippen LogP contribution is 2.10. The first-order valence-electron chi connectivity index (χ1n) is 6.82. The van der Waals surface area contributed by atoms with Crippen LogP contribution in [0.4, 0.5) is 10.1 Å². The molecule has 0 aliphatic heterocycles. The van der Waals surface area contributed by atoms with Gasteiger partial charge in [-0.25, -0.2) is 4.39 Å². The van der Waals surface area contributed by atoms with Gasteiger partial charge in [-0.15, -0.1) is 0 Å². The van der Waals surface area contributed by atoms with Gasteiger partial charge >= 0.3 is 0 Å². The minimum atomic E-state index is -0.601. The van der Waals surface area contributed by atoms with Crippen LogP contribution < -0.4 is 10.2 Å². The van der Waals surface area contributed by atoms with Crippen LogP contribution in [0.3, 0.4) is 0 Å². The van der Waals surface area contributed by atoms with Crippen LogP contribution >= 0.6 is 0 Å². The molecule has 0 saturated carbocycles. The van der Waals surface area contributed by atoms with Crippen LogP contribution in [0.15, 0.2) is 48.8 Å². The number of nitrogens with zero attached hydrogens (tertiary/aromatic N) is 2. The Labute approximate surface area is 123 Å². The number of aromatic nitrogens is 1. The molecule has 1 amide bonds. The second kappa shape index (κ2) is 7.38. The molecule has 0 aliphatic rings. The van der Waals surface area contributed by atoms with Crippen molar-refractivity contribution in [2.75, 3.05) is 25.0 Å². The molecule has 1 heterocycles. The molecule has 1 aromatic heterocycles. The van der Waals surface area contributed by atoms with Crippen molar-refractivity contribution >= 4 is 11.6 Å². The summed E-state index contributed by atoms with van der Waals surface area (Å²) in [6.07, 6.45) is 3.23. The van der Waals surface area contributed by atoms with Gasteiger partial charge in [0.1, 0.15) is 0 Å². The standard InChI is InChI=1S/C16H18FN3O/c1-20(13-6-3-2-4-7-13)11-5-9-19-16(21)14-8-10-18-12-15(14)17/h2-4,6-8,10,12H,5,9,11H2,1H3,(H,19,21). The predicted octanol–water partition coefficient (Wildman–Crippen LogP) is 2.48. The van der Waals surface area contributed by atoms with E-state index < -0.39 is 11.7 Å². The first kappa shape index (κ1) is 15.0. The van der Waals surface area contributed by atoms with Gasteiger partial charge in [-0.1, -0.05) is 18.2 Å². The van der Waals surface area contributed by atoms with E-state index in [1.54, 1.807) is 0 Å². The van der Waals surface area contributed by atoms with Crippen LogP contribution in [0.1, 0.15) is 16.8 Å². The average molecular weight is 287 g/mol. The Balaban J connectivity index is 1.75. The van der Waals surface area contributed by atoms with Gasteiger partial charge in [-0.05, 0) is 24.6 Å². The van der Waals surface area contributed by atoms with E-state index in [4.69, 9.17) is 0 Å². The van der Waals surface area contributed by atoms with Crippen molar-refractivity contribution in [2.45, 2.75) is 6.42 Å². The number of hydrogen-bond acceptors (Lipinski definition) is 3. The Kier molecular flexibility index (Phi) is 5.26. The summed E-state index contributed by atoms with van der Waals surface area (Å²) in [5.74, 6) is -1.01. The van der Waals surface area contributed by atoms with Crippen molar-refractivity contribution in [3.05, 3.63) is 60.2 Å². The van der Waals surface area contributed by atoms with Crippen molar-refractivity contribution in [3.8, 4) is 0 Å². The minimum Gasteiger partial charge on any atom is -0.375 e. The van der Waals surface area contributed by atoms with Gasteiger partial charge in [-0.2, -0.15) is 0 Å². The SMILES string of the molecule is CN(CCCNC(=O)c1ccncc1F)c1ccccc1. The summed E-state index contributed by atoms with van der Waals surface area (Å²) in [5.41, 5.74) is 1.16. The maximum Gasteiger partial charge on any atom is 0.254 e. The molecule has 0 radical (unpaired) electrons. The molecular formula is C16H18FN3O. The lowest BCUT2D eigenvalue weighted by Crippen LogP contribution is -2.28. The normalized spacial score (nSPS) is 10.2. The fourth-order valence-corrected chi connectivity index (χ4v) is 1.98. The molecule has 0 saturated heterocycles. The lowest BCUT2D eigenvalue weighted by molar-refractivity contribution is 0.0949. The molecule has 2 rings (SSSR count). The highest BCUT2D eigenvalue weighted by Gasteiger charge is 2.10. The first-order chi connectivity index (χ1) is 10.2. The van der Waals surface area contributed by atoms with E-state index in [2.05, 4.69) is 15.2 Å². The van der Waals surface area contributed by atoms with Crippen LogP contribution in [0.5, 0.6) is 0 Å². The minimum absolute atomic E-state index is 0.0291. The summed E-state index contributed by atoms with van der Waals surface area (Å²) in [4.78, 5) is 17.5. The molecule has 21 heavy (non-hydrogen) atoms. The Morgan fingerprint density at radius 2 is 2.05 bits per heavy atom. The van der Waals surface area contributed by atoms with Crippen molar-refractivity contribution < 1.29 is 9.18 Å². The molecule has 0 aliphatic carbocycles. The van der Waals surface area contributed by atoms with E-state index >= 15 is 0 Å². The largest absolute Gasteiger partial charge is 0.375 e. The zero-order valence-corrected chi connectivity index (χ0v) is 11.9. The second-order valence-electron chi connectivity index (χ2n) is 4.72. The van der Waals surface area contributed by atoms with E-state index in [-0.39, 0.29) is 5.56 Å². The van der Waals surface area contributed by atoms with Crippen LogP contribution in [0.2, 0.25) is 0 Å². The summed E-state index contributed by atoms with van der Waals surface area (Å²) in [6, 6.07) is 11.4. The number of hydrogen-bond donors (Lipinski definition) is 1. The Morgan fingerprint density at radius 1 is 1.29 bits per heavy atom. The topological polar surface area (TPSA) is 45.2 Å². The molecule has 110 valence electrons. The van der Waals surface area contributed by atoms with Gasteiger partial charge in [0.25, 0.3) is 5.91 Å². The number of pyridine rings is 1. The molecule has 0 fully saturated rings. The smallest absolute Gasteiger partial charge is 0.254 e. The molecule has 1 N–H and O–H groups in total. The van der Waals surface area contributed by atoms with Crippen LogP contribution in [-0.4, -0.2) is 31.0 Å². The number of anilines is 1.